The first-order valence-electron chi connectivity index (χ1n) is 10.7. The maximum Gasteiger partial charge on any atom is 0.229 e. The number of nitrogens with one attached hydrogen (secondary N) is 1. The normalized spacial score (nSPS) is 17.1. The number of imide groups is 2. The van der Waals surface area contributed by atoms with Gasteiger partial charge in [-0.2, -0.15) is 0 Å². The Hall–Kier alpha value is -3.23. The molecule has 4 rings (SSSR count). The van der Waals surface area contributed by atoms with Crippen molar-refractivity contribution in [2.45, 2.75) is 51.4 Å². The number of amides is 4. The minimum absolute atomic E-state index is 0.0227. The molecule has 9 nitrogen and oxygen atoms in total. The van der Waals surface area contributed by atoms with E-state index in [1.54, 1.807) is 12.4 Å². The van der Waals surface area contributed by atoms with Crippen LogP contribution < -0.4 is 0 Å². The number of aromatic amines is 1. The fourth-order valence-electron chi connectivity index (χ4n) is 3.73. The van der Waals surface area contributed by atoms with Crippen LogP contribution in [-0.4, -0.2) is 61.1 Å². The number of hydrogen-bond acceptors (Lipinski definition) is 5. The van der Waals surface area contributed by atoms with Gasteiger partial charge in [0.15, 0.2) is 0 Å². The summed E-state index contributed by atoms with van der Waals surface area (Å²) in [6, 6.07) is 3.98. The van der Waals surface area contributed by atoms with E-state index in [0.29, 0.717) is 58.0 Å². The number of H-pyrrole nitrogens is 1. The molecular formula is C22H29N5O4. The van der Waals surface area contributed by atoms with Crippen LogP contribution in [0.4, 0.5) is 0 Å². The van der Waals surface area contributed by atoms with E-state index in [2.05, 4.69) is 9.97 Å². The lowest BCUT2D eigenvalue weighted by Gasteiger charge is -2.24. The van der Waals surface area contributed by atoms with Crippen molar-refractivity contribution >= 4 is 23.6 Å². The van der Waals surface area contributed by atoms with Gasteiger partial charge in [0.05, 0.1) is 0 Å². The van der Waals surface area contributed by atoms with Gasteiger partial charge in [0.25, 0.3) is 0 Å². The van der Waals surface area contributed by atoms with E-state index in [4.69, 9.17) is 0 Å². The van der Waals surface area contributed by atoms with Crippen molar-refractivity contribution in [1.29, 1.82) is 0 Å². The van der Waals surface area contributed by atoms with Crippen LogP contribution in [0, 0.1) is 0 Å². The SMILES string of the molecule is Cn1cccc1CCN1C(=O)CCCC1=O.O=C1CCCC(=O)N1CCc1ncc[nH]1. The van der Waals surface area contributed by atoms with E-state index in [9.17, 15) is 19.2 Å². The van der Waals surface area contributed by atoms with Crippen molar-refractivity contribution in [3.8, 4) is 0 Å². The van der Waals surface area contributed by atoms with Crippen LogP contribution in [0.25, 0.3) is 0 Å². The molecule has 2 saturated heterocycles. The molecule has 2 fully saturated rings. The summed E-state index contributed by atoms with van der Waals surface area (Å²) >= 11 is 0. The third-order valence-corrected chi connectivity index (χ3v) is 5.54. The molecule has 0 spiro atoms. The molecule has 0 aromatic carbocycles. The first-order valence-corrected chi connectivity index (χ1v) is 10.7. The van der Waals surface area contributed by atoms with Gasteiger partial charge in [-0.25, -0.2) is 4.98 Å². The van der Waals surface area contributed by atoms with Gasteiger partial charge >= 0.3 is 0 Å². The Bertz CT molecular complexity index is 886. The molecule has 0 bridgehead atoms. The van der Waals surface area contributed by atoms with E-state index in [1.165, 1.54) is 9.80 Å². The van der Waals surface area contributed by atoms with E-state index in [1.807, 2.05) is 29.9 Å². The van der Waals surface area contributed by atoms with Gasteiger partial charge in [-0.1, -0.05) is 0 Å². The maximum absolute atomic E-state index is 11.5. The molecular weight excluding hydrogens is 398 g/mol. The van der Waals surface area contributed by atoms with Crippen LogP contribution in [0.1, 0.15) is 50.0 Å². The number of aryl methyl sites for hydroxylation is 1. The molecule has 0 atom stereocenters. The molecule has 166 valence electrons. The standard InChI is InChI=1S/C12H16N2O2.C10H13N3O2/c1-13-8-3-4-10(13)7-9-14-11(15)5-2-6-12(14)16;14-9-2-1-3-10(15)13(9)7-4-8-11-5-6-12-8/h3-4,8H,2,5-7,9H2,1H3;5-6H,1-4,7H2,(H,11,12). The summed E-state index contributed by atoms with van der Waals surface area (Å²) < 4.78 is 2.01. The van der Waals surface area contributed by atoms with Gasteiger partial charge in [-0.3, -0.25) is 29.0 Å². The minimum Gasteiger partial charge on any atom is -0.354 e. The van der Waals surface area contributed by atoms with Gasteiger partial charge in [-0.15, -0.1) is 0 Å². The van der Waals surface area contributed by atoms with Crippen LogP contribution in [0.5, 0.6) is 0 Å². The molecule has 0 saturated carbocycles. The number of nitrogens with zero attached hydrogens (tertiary/aromatic N) is 4. The molecule has 1 N–H and O–H groups in total. The number of aromatic nitrogens is 3. The number of carbonyl (C=O) groups excluding carboxylic acids is 4. The first kappa shape index (κ1) is 22.5. The molecule has 0 aliphatic carbocycles. The van der Waals surface area contributed by atoms with E-state index < -0.39 is 0 Å². The summed E-state index contributed by atoms with van der Waals surface area (Å²) in [6.45, 7) is 0.945. The summed E-state index contributed by atoms with van der Waals surface area (Å²) in [7, 11) is 1.97. The van der Waals surface area contributed by atoms with Gasteiger partial charge < -0.3 is 9.55 Å². The number of rotatable bonds is 6. The molecule has 2 aromatic rings. The highest BCUT2D eigenvalue weighted by molar-refractivity contribution is 5.98. The molecule has 2 aliphatic rings. The predicted molar refractivity (Wildman–Crippen MR) is 113 cm³/mol. The third-order valence-electron chi connectivity index (χ3n) is 5.54. The molecule has 0 radical (unpaired) electrons. The second kappa shape index (κ2) is 10.7. The van der Waals surface area contributed by atoms with Crippen LogP contribution in [0.2, 0.25) is 0 Å². The van der Waals surface area contributed by atoms with Crippen molar-refractivity contribution in [1.82, 2.24) is 24.3 Å². The lowest BCUT2D eigenvalue weighted by Crippen LogP contribution is -2.41. The van der Waals surface area contributed by atoms with Crippen molar-refractivity contribution in [2.24, 2.45) is 7.05 Å². The highest BCUT2D eigenvalue weighted by Gasteiger charge is 2.26. The highest BCUT2D eigenvalue weighted by Crippen LogP contribution is 2.14. The van der Waals surface area contributed by atoms with E-state index in [0.717, 1.165) is 17.9 Å². The number of likely N-dealkylation sites (tertiary alicyclic amines) is 2. The fourth-order valence-corrected chi connectivity index (χ4v) is 3.73. The van der Waals surface area contributed by atoms with E-state index >= 15 is 0 Å². The fraction of sp³-hybridized carbons (Fsp3) is 0.500. The number of hydrogen-bond donors (Lipinski definition) is 1. The summed E-state index contributed by atoms with van der Waals surface area (Å²) in [5.74, 6) is 0.646. The van der Waals surface area contributed by atoms with Crippen LogP contribution >= 0.6 is 0 Å². The van der Waals surface area contributed by atoms with Gasteiger partial charge in [0.2, 0.25) is 23.6 Å². The second-order valence-corrected chi connectivity index (χ2v) is 7.73. The lowest BCUT2D eigenvalue weighted by molar-refractivity contribution is -0.149. The van der Waals surface area contributed by atoms with Crippen LogP contribution in [-0.2, 0) is 39.1 Å². The quantitative estimate of drug-likeness (QED) is 0.705. The zero-order chi connectivity index (χ0) is 22.2. The Labute approximate surface area is 181 Å². The zero-order valence-corrected chi connectivity index (χ0v) is 17.9. The highest BCUT2D eigenvalue weighted by atomic mass is 16.2. The van der Waals surface area contributed by atoms with Gasteiger partial charge in [0.1, 0.15) is 5.82 Å². The predicted octanol–water partition coefficient (Wildman–Crippen LogP) is 1.60. The monoisotopic (exact) mass is 427 g/mol. The Morgan fingerprint density at radius 1 is 0.871 bits per heavy atom. The Balaban J connectivity index is 0.000000176. The minimum atomic E-state index is -0.0576. The molecule has 2 aromatic heterocycles. The molecule has 2 aliphatic heterocycles. The smallest absolute Gasteiger partial charge is 0.229 e. The van der Waals surface area contributed by atoms with Crippen molar-refractivity contribution in [2.75, 3.05) is 13.1 Å². The summed E-state index contributed by atoms with van der Waals surface area (Å²) in [5, 5.41) is 0. The maximum atomic E-state index is 11.5. The molecule has 0 unspecified atom stereocenters. The first-order chi connectivity index (χ1) is 15.0. The average molecular weight is 428 g/mol. The summed E-state index contributed by atoms with van der Waals surface area (Å²) in [5.41, 5.74) is 1.14. The molecule has 31 heavy (non-hydrogen) atoms. The molecule has 4 amide bonds. The Morgan fingerprint density at radius 3 is 1.87 bits per heavy atom. The van der Waals surface area contributed by atoms with Crippen molar-refractivity contribution < 1.29 is 19.2 Å². The number of imidazole rings is 1. The second-order valence-electron chi connectivity index (χ2n) is 7.73. The largest absolute Gasteiger partial charge is 0.354 e. The summed E-state index contributed by atoms with van der Waals surface area (Å²) in [6.07, 6.45) is 10.1. The number of piperidine rings is 2. The van der Waals surface area contributed by atoms with Gasteiger partial charge in [-0.05, 0) is 25.0 Å². The molecule has 9 heteroatoms. The third kappa shape index (κ3) is 6.13. The van der Waals surface area contributed by atoms with E-state index in [-0.39, 0.29) is 23.6 Å². The topological polar surface area (TPSA) is 108 Å². The van der Waals surface area contributed by atoms with Gasteiger partial charge in [0, 0.05) is 82.9 Å². The van der Waals surface area contributed by atoms with Crippen molar-refractivity contribution in [3.63, 3.8) is 0 Å². The van der Waals surface area contributed by atoms with Crippen LogP contribution in [0.15, 0.2) is 30.7 Å². The Kier molecular flexibility index (Phi) is 7.75. The lowest BCUT2D eigenvalue weighted by atomic mass is 10.1. The van der Waals surface area contributed by atoms with Crippen molar-refractivity contribution in [3.05, 3.63) is 42.2 Å². The Morgan fingerprint density at radius 2 is 1.42 bits per heavy atom. The average Bonchev–Trinajstić information content (AvgIpc) is 3.40. The zero-order valence-electron chi connectivity index (χ0n) is 17.9. The number of carbonyl (C=O) groups is 4. The summed E-state index contributed by atoms with van der Waals surface area (Å²) in [4.78, 5) is 55.7. The molecule has 4 heterocycles. The van der Waals surface area contributed by atoms with Crippen LogP contribution in [0.3, 0.4) is 0 Å².